The Morgan fingerprint density at radius 1 is 0.848 bits per heavy atom. The normalized spacial score (nSPS) is 11.5. The quantitative estimate of drug-likeness (QED) is 0.337. The van der Waals surface area contributed by atoms with Crippen molar-refractivity contribution in [1.82, 2.24) is 25.1 Å². The van der Waals surface area contributed by atoms with Gasteiger partial charge in [0, 0.05) is 28.9 Å². The Morgan fingerprint density at radius 3 is 2.48 bits per heavy atom. The van der Waals surface area contributed by atoms with Crippen LogP contribution in [-0.4, -0.2) is 30.3 Å². The van der Waals surface area contributed by atoms with Gasteiger partial charge in [0.15, 0.2) is 5.82 Å². The van der Waals surface area contributed by atoms with E-state index in [0.29, 0.717) is 0 Å². The van der Waals surface area contributed by atoms with Gasteiger partial charge in [-0.25, -0.2) is 4.98 Å². The van der Waals surface area contributed by atoms with Crippen LogP contribution in [-0.2, 0) is 6.61 Å². The average Bonchev–Trinajstić information content (AvgIpc) is 3.47. The van der Waals surface area contributed by atoms with Crippen molar-refractivity contribution in [3.05, 3.63) is 90.3 Å². The van der Waals surface area contributed by atoms with Crippen molar-refractivity contribution in [2.45, 2.75) is 13.5 Å². The number of rotatable bonds is 4. The van der Waals surface area contributed by atoms with E-state index in [-0.39, 0.29) is 6.61 Å². The summed E-state index contributed by atoms with van der Waals surface area (Å²) in [6.45, 7) is 2.12. The van der Waals surface area contributed by atoms with Crippen molar-refractivity contribution in [2.75, 3.05) is 0 Å². The third kappa shape index (κ3) is 3.28. The smallest absolute Gasteiger partial charge is 0.159 e. The Labute approximate surface area is 190 Å². The number of pyridine rings is 1. The van der Waals surface area contributed by atoms with Crippen molar-refractivity contribution in [3.63, 3.8) is 0 Å². The fourth-order valence-electron chi connectivity index (χ4n) is 4.37. The molecule has 0 fully saturated rings. The highest BCUT2D eigenvalue weighted by Crippen LogP contribution is 2.34. The van der Waals surface area contributed by atoms with E-state index in [4.69, 9.17) is 4.98 Å². The zero-order valence-corrected chi connectivity index (χ0v) is 18.0. The molecule has 3 aromatic carbocycles. The predicted molar refractivity (Wildman–Crippen MR) is 131 cm³/mol. The minimum Gasteiger partial charge on any atom is -0.392 e. The fraction of sp³-hybridized carbons (Fsp3) is 0.0741. The highest BCUT2D eigenvalue weighted by molar-refractivity contribution is 5.96. The second kappa shape index (κ2) is 7.69. The van der Waals surface area contributed by atoms with E-state index in [2.05, 4.69) is 39.2 Å². The Bertz CT molecular complexity index is 1600. The lowest BCUT2D eigenvalue weighted by Crippen LogP contribution is -1.92. The largest absolute Gasteiger partial charge is 0.392 e. The summed E-state index contributed by atoms with van der Waals surface area (Å²) in [5.74, 6) is 0.740. The van der Waals surface area contributed by atoms with Gasteiger partial charge in [-0.1, -0.05) is 36.4 Å². The number of hydrogen-bond acceptors (Lipinski definition) is 4. The second-order valence-corrected chi connectivity index (χ2v) is 8.15. The number of H-pyrrole nitrogens is 2. The molecule has 0 amide bonds. The van der Waals surface area contributed by atoms with Gasteiger partial charge in [-0.15, -0.1) is 0 Å². The zero-order chi connectivity index (χ0) is 22.4. The Balaban J connectivity index is 1.48. The molecular weight excluding hydrogens is 410 g/mol. The molecule has 0 aliphatic heterocycles. The summed E-state index contributed by atoms with van der Waals surface area (Å²) < 4.78 is 0. The van der Waals surface area contributed by atoms with Crippen molar-refractivity contribution < 1.29 is 5.11 Å². The molecular formula is C27H21N5O. The van der Waals surface area contributed by atoms with Gasteiger partial charge in [0.25, 0.3) is 0 Å². The Morgan fingerprint density at radius 2 is 1.67 bits per heavy atom. The Hall–Kier alpha value is -4.29. The number of aromatic nitrogens is 5. The molecule has 6 rings (SSSR count). The minimum atomic E-state index is 0.0156. The summed E-state index contributed by atoms with van der Waals surface area (Å²) in [6, 6.07) is 22.2. The third-order valence-corrected chi connectivity index (χ3v) is 6.12. The highest BCUT2D eigenvalue weighted by atomic mass is 16.3. The number of para-hydroxylation sites is 2. The first kappa shape index (κ1) is 19.4. The van der Waals surface area contributed by atoms with Crippen LogP contribution in [0.4, 0.5) is 0 Å². The molecule has 3 N–H and O–H groups in total. The summed E-state index contributed by atoms with van der Waals surface area (Å²) in [4.78, 5) is 12.6. The predicted octanol–water partition coefficient (Wildman–Crippen LogP) is 5.64. The first-order valence-electron chi connectivity index (χ1n) is 10.8. The Kier molecular flexibility index (Phi) is 4.52. The summed E-state index contributed by atoms with van der Waals surface area (Å²) in [5, 5.41) is 18.2. The van der Waals surface area contributed by atoms with Crippen LogP contribution in [0.25, 0.3) is 55.7 Å². The van der Waals surface area contributed by atoms with Crippen LogP contribution < -0.4 is 0 Å². The molecule has 160 valence electrons. The second-order valence-electron chi connectivity index (χ2n) is 8.15. The van der Waals surface area contributed by atoms with Gasteiger partial charge >= 0.3 is 0 Å². The maximum absolute atomic E-state index is 9.53. The highest BCUT2D eigenvalue weighted by Gasteiger charge is 2.15. The molecule has 6 nitrogen and oxygen atoms in total. The van der Waals surface area contributed by atoms with Gasteiger partial charge in [-0.3, -0.25) is 10.1 Å². The molecule has 0 spiro atoms. The van der Waals surface area contributed by atoms with Gasteiger partial charge in [0.2, 0.25) is 0 Å². The van der Waals surface area contributed by atoms with E-state index in [9.17, 15) is 5.11 Å². The molecule has 0 aliphatic carbocycles. The van der Waals surface area contributed by atoms with Gasteiger partial charge in [-0.05, 0) is 59.5 Å². The van der Waals surface area contributed by atoms with Gasteiger partial charge in [0.05, 0.1) is 23.2 Å². The molecule has 3 heterocycles. The number of benzene rings is 3. The topological polar surface area (TPSA) is 90.5 Å². The summed E-state index contributed by atoms with van der Waals surface area (Å²) in [5.41, 5.74) is 9.86. The molecule has 0 atom stereocenters. The maximum atomic E-state index is 9.53. The molecule has 33 heavy (non-hydrogen) atoms. The summed E-state index contributed by atoms with van der Waals surface area (Å²) in [6.07, 6.45) is 3.78. The van der Waals surface area contributed by atoms with Crippen molar-refractivity contribution in [2.24, 2.45) is 0 Å². The lowest BCUT2D eigenvalue weighted by Gasteiger charge is -2.12. The average molecular weight is 431 g/mol. The number of fused-ring (bicyclic) bond motifs is 2. The zero-order valence-electron chi connectivity index (χ0n) is 18.0. The molecule has 6 aromatic rings. The summed E-state index contributed by atoms with van der Waals surface area (Å²) >= 11 is 0. The first-order chi connectivity index (χ1) is 16.2. The van der Waals surface area contributed by atoms with E-state index in [1.807, 2.05) is 67.0 Å². The number of nitrogens with one attached hydrogen (secondary N) is 2. The molecule has 0 radical (unpaired) electrons. The number of aliphatic hydroxyl groups is 1. The summed E-state index contributed by atoms with van der Waals surface area (Å²) in [7, 11) is 0. The van der Waals surface area contributed by atoms with E-state index >= 15 is 0 Å². The van der Waals surface area contributed by atoms with Gasteiger partial charge in [-0.2, -0.15) is 5.10 Å². The number of imidazole rings is 1. The lowest BCUT2D eigenvalue weighted by atomic mass is 9.94. The number of aromatic amines is 2. The van der Waals surface area contributed by atoms with Crippen LogP contribution in [0.1, 0.15) is 11.1 Å². The molecule has 6 heteroatoms. The number of nitrogens with zero attached hydrogens (tertiary/aromatic N) is 3. The van der Waals surface area contributed by atoms with Crippen LogP contribution >= 0.6 is 0 Å². The molecule has 0 unspecified atom stereocenters. The monoisotopic (exact) mass is 431 g/mol. The van der Waals surface area contributed by atoms with Crippen LogP contribution in [0.5, 0.6) is 0 Å². The van der Waals surface area contributed by atoms with Crippen LogP contribution in [0.15, 0.2) is 79.1 Å². The molecule has 0 bridgehead atoms. The van der Waals surface area contributed by atoms with Crippen molar-refractivity contribution >= 4 is 21.9 Å². The number of aliphatic hydroxyl groups excluding tert-OH is 1. The van der Waals surface area contributed by atoms with E-state index in [0.717, 1.165) is 66.8 Å². The minimum absolute atomic E-state index is 0.0156. The SMILES string of the molecule is Cc1c(-c2cccc(CO)c2)cncc1-c1ccc2[nH]nc(-c3nc4ccccc4[nH]3)c2c1. The molecule has 3 aromatic heterocycles. The van der Waals surface area contributed by atoms with E-state index < -0.39 is 0 Å². The standard InChI is InChI=1S/C27H21N5O/c1-16-21(18-6-4-5-17(11-18)15-33)13-28-14-22(16)19-9-10-23-20(12-19)26(32-31-23)27-29-24-7-2-3-8-25(24)30-27/h2-14,33H,15H2,1H3,(H,29,30)(H,31,32). The van der Waals surface area contributed by atoms with Gasteiger partial charge in [0.1, 0.15) is 5.69 Å². The first-order valence-corrected chi connectivity index (χ1v) is 10.8. The molecule has 0 aliphatic rings. The molecule has 0 saturated carbocycles. The lowest BCUT2D eigenvalue weighted by molar-refractivity contribution is 0.282. The van der Waals surface area contributed by atoms with Crippen LogP contribution in [0.2, 0.25) is 0 Å². The van der Waals surface area contributed by atoms with Crippen LogP contribution in [0.3, 0.4) is 0 Å². The third-order valence-electron chi connectivity index (χ3n) is 6.12. The van der Waals surface area contributed by atoms with E-state index in [1.54, 1.807) is 0 Å². The maximum Gasteiger partial charge on any atom is 0.159 e. The van der Waals surface area contributed by atoms with Crippen LogP contribution in [0, 0.1) is 6.92 Å². The number of hydrogen-bond donors (Lipinski definition) is 3. The fourth-order valence-corrected chi connectivity index (χ4v) is 4.37. The molecule has 0 saturated heterocycles. The van der Waals surface area contributed by atoms with Crippen molar-refractivity contribution in [3.8, 4) is 33.8 Å². The van der Waals surface area contributed by atoms with Crippen molar-refractivity contribution in [1.29, 1.82) is 0 Å². The van der Waals surface area contributed by atoms with E-state index in [1.165, 1.54) is 0 Å². The van der Waals surface area contributed by atoms with Gasteiger partial charge < -0.3 is 10.1 Å².